The number of hydrogen-bond acceptors (Lipinski definition) is 3. The van der Waals surface area contributed by atoms with Gasteiger partial charge in [-0.05, 0) is 42.5 Å². The third-order valence-corrected chi connectivity index (χ3v) is 4.68. The number of nitrogens with one attached hydrogen (secondary N) is 2. The standard InChI is InChI=1S/C16H18FN3O3.C3H6/c17-12-2-1-10-5-7-20(8-6-11(10)9-12)14(21)4-3-13-15(22)19-16(23)18-13;1-2-3-1/h1-2,9,13H,3-8H2,(H2,18,19,22,23);1-3H2. The highest BCUT2D eigenvalue weighted by atomic mass is 19.1. The summed E-state index contributed by atoms with van der Waals surface area (Å²) in [5, 5.41) is 4.63. The quantitative estimate of drug-likeness (QED) is 0.808. The van der Waals surface area contributed by atoms with Crippen LogP contribution in [0.4, 0.5) is 9.18 Å². The molecule has 1 unspecified atom stereocenters. The van der Waals surface area contributed by atoms with Gasteiger partial charge in [-0.2, -0.15) is 0 Å². The Hall–Kier alpha value is -2.44. The van der Waals surface area contributed by atoms with Crippen molar-refractivity contribution in [2.75, 3.05) is 13.1 Å². The molecule has 1 aromatic carbocycles. The summed E-state index contributed by atoms with van der Waals surface area (Å²) in [5.74, 6) is -0.694. The second-order valence-electron chi connectivity index (χ2n) is 6.91. The Morgan fingerprint density at radius 3 is 2.42 bits per heavy atom. The van der Waals surface area contributed by atoms with Crippen LogP contribution in [0.25, 0.3) is 0 Å². The number of fused-ring (bicyclic) bond motifs is 1. The first-order chi connectivity index (χ1) is 12.5. The lowest BCUT2D eigenvalue weighted by molar-refractivity contribution is -0.131. The molecule has 7 heteroatoms. The van der Waals surface area contributed by atoms with Gasteiger partial charge in [0.05, 0.1) is 0 Å². The van der Waals surface area contributed by atoms with Gasteiger partial charge in [-0.3, -0.25) is 14.9 Å². The summed E-state index contributed by atoms with van der Waals surface area (Å²) in [6, 6.07) is 3.60. The summed E-state index contributed by atoms with van der Waals surface area (Å²) in [4.78, 5) is 36.6. The number of carbonyl (C=O) groups is 3. The zero-order valence-electron chi connectivity index (χ0n) is 14.7. The molecule has 1 saturated carbocycles. The Morgan fingerprint density at radius 1 is 1.12 bits per heavy atom. The predicted molar refractivity (Wildman–Crippen MR) is 93.9 cm³/mol. The summed E-state index contributed by atoms with van der Waals surface area (Å²) >= 11 is 0. The fourth-order valence-corrected chi connectivity index (χ4v) is 3.03. The summed E-state index contributed by atoms with van der Waals surface area (Å²) in [6.45, 7) is 1.12. The Morgan fingerprint density at radius 2 is 1.81 bits per heavy atom. The van der Waals surface area contributed by atoms with Crippen LogP contribution in [-0.4, -0.2) is 41.9 Å². The van der Waals surface area contributed by atoms with E-state index >= 15 is 0 Å². The highest BCUT2D eigenvalue weighted by Crippen LogP contribution is 2.18. The van der Waals surface area contributed by atoms with Gasteiger partial charge >= 0.3 is 6.03 Å². The van der Waals surface area contributed by atoms with Gasteiger partial charge in [-0.25, -0.2) is 9.18 Å². The number of halogens is 1. The van der Waals surface area contributed by atoms with Crippen LogP contribution in [-0.2, 0) is 22.4 Å². The van der Waals surface area contributed by atoms with Gasteiger partial charge < -0.3 is 10.2 Å². The van der Waals surface area contributed by atoms with Crippen LogP contribution in [0, 0.1) is 5.82 Å². The molecule has 1 aliphatic carbocycles. The maximum atomic E-state index is 13.3. The number of rotatable bonds is 3. The van der Waals surface area contributed by atoms with Crippen molar-refractivity contribution in [3.05, 3.63) is 35.1 Å². The van der Waals surface area contributed by atoms with Gasteiger partial charge in [0.1, 0.15) is 11.9 Å². The zero-order valence-corrected chi connectivity index (χ0v) is 14.7. The van der Waals surface area contributed by atoms with E-state index in [1.807, 2.05) is 0 Å². The maximum Gasteiger partial charge on any atom is 0.322 e. The molecule has 2 N–H and O–H groups in total. The van der Waals surface area contributed by atoms with E-state index < -0.39 is 12.1 Å². The van der Waals surface area contributed by atoms with Crippen molar-refractivity contribution in [3.8, 4) is 0 Å². The molecule has 1 saturated heterocycles. The van der Waals surface area contributed by atoms with Crippen molar-refractivity contribution >= 4 is 17.8 Å². The first-order valence-corrected chi connectivity index (χ1v) is 9.19. The van der Waals surface area contributed by atoms with E-state index in [0.29, 0.717) is 25.9 Å². The molecule has 1 atom stereocenters. The molecular weight excluding hydrogens is 337 g/mol. The zero-order chi connectivity index (χ0) is 18.5. The summed E-state index contributed by atoms with van der Waals surface area (Å²) < 4.78 is 13.3. The Bertz CT molecular complexity index is 703. The van der Waals surface area contributed by atoms with Crippen molar-refractivity contribution in [1.82, 2.24) is 15.5 Å². The first-order valence-electron chi connectivity index (χ1n) is 9.19. The average molecular weight is 361 g/mol. The minimum absolute atomic E-state index is 0.0489. The van der Waals surface area contributed by atoms with E-state index in [4.69, 9.17) is 0 Å². The number of nitrogens with zero attached hydrogens (tertiary/aromatic N) is 1. The molecule has 140 valence electrons. The molecule has 2 heterocycles. The molecule has 2 aliphatic heterocycles. The molecule has 2 fully saturated rings. The van der Waals surface area contributed by atoms with Crippen LogP contribution in [0.15, 0.2) is 18.2 Å². The van der Waals surface area contributed by atoms with E-state index in [-0.39, 0.29) is 30.5 Å². The largest absolute Gasteiger partial charge is 0.342 e. The molecule has 1 aromatic rings. The highest BCUT2D eigenvalue weighted by Gasteiger charge is 2.30. The fraction of sp³-hybridized carbons (Fsp3) is 0.526. The van der Waals surface area contributed by atoms with Crippen LogP contribution in [0.2, 0.25) is 0 Å². The van der Waals surface area contributed by atoms with Gasteiger partial charge in [0.15, 0.2) is 0 Å². The van der Waals surface area contributed by atoms with Crippen molar-refractivity contribution in [2.24, 2.45) is 0 Å². The Labute approximate surface area is 152 Å². The van der Waals surface area contributed by atoms with Crippen molar-refractivity contribution in [2.45, 2.75) is 51.0 Å². The van der Waals surface area contributed by atoms with E-state index in [2.05, 4.69) is 10.6 Å². The second-order valence-corrected chi connectivity index (χ2v) is 6.91. The summed E-state index contributed by atoms with van der Waals surface area (Å²) in [6.07, 6.45) is 6.30. The lowest BCUT2D eigenvalue weighted by atomic mass is 10.0. The first kappa shape index (κ1) is 18.4. The maximum absolute atomic E-state index is 13.3. The van der Waals surface area contributed by atoms with E-state index in [1.54, 1.807) is 11.0 Å². The van der Waals surface area contributed by atoms with Gasteiger partial charge in [0, 0.05) is 19.5 Å². The van der Waals surface area contributed by atoms with Crippen molar-refractivity contribution < 1.29 is 18.8 Å². The lowest BCUT2D eigenvalue weighted by Crippen LogP contribution is -2.36. The minimum atomic E-state index is -0.635. The number of urea groups is 1. The van der Waals surface area contributed by atoms with Crippen LogP contribution >= 0.6 is 0 Å². The molecule has 0 radical (unpaired) electrons. The SMILES string of the molecule is C1CC1.O=C1NC(=O)C(CCC(=O)N2CCc3ccc(F)cc3CC2)N1. The topological polar surface area (TPSA) is 78.5 Å². The number of carbonyl (C=O) groups excluding carboxylic acids is 3. The lowest BCUT2D eigenvalue weighted by Gasteiger charge is -2.20. The highest BCUT2D eigenvalue weighted by molar-refractivity contribution is 6.04. The summed E-state index contributed by atoms with van der Waals surface area (Å²) in [5.41, 5.74) is 2.02. The molecule has 4 amide bonds. The number of imide groups is 1. The van der Waals surface area contributed by atoms with Gasteiger partial charge in [-0.15, -0.1) is 0 Å². The number of amides is 4. The number of benzene rings is 1. The number of hydrogen-bond donors (Lipinski definition) is 2. The van der Waals surface area contributed by atoms with Gasteiger partial charge in [0.25, 0.3) is 5.91 Å². The molecule has 3 aliphatic rings. The average Bonchev–Trinajstić information content (AvgIpc) is 3.45. The fourth-order valence-electron chi connectivity index (χ4n) is 3.03. The smallest absolute Gasteiger partial charge is 0.322 e. The van der Waals surface area contributed by atoms with E-state index in [9.17, 15) is 18.8 Å². The molecule has 0 spiro atoms. The minimum Gasteiger partial charge on any atom is -0.342 e. The molecule has 26 heavy (non-hydrogen) atoms. The van der Waals surface area contributed by atoms with Crippen LogP contribution < -0.4 is 10.6 Å². The van der Waals surface area contributed by atoms with Gasteiger partial charge in [-0.1, -0.05) is 25.3 Å². The van der Waals surface area contributed by atoms with Crippen LogP contribution in [0.3, 0.4) is 0 Å². The monoisotopic (exact) mass is 361 g/mol. The van der Waals surface area contributed by atoms with Crippen LogP contribution in [0.5, 0.6) is 0 Å². The van der Waals surface area contributed by atoms with E-state index in [1.165, 1.54) is 31.4 Å². The van der Waals surface area contributed by atoms with Gasteiger partial charge in [0.2, 0.25) is 5.91 Å². The normalized spacial score (nSPS) is 21.0. The third-order valence-electron chi connectivity index (χ3n) is 4.68. The van der Waals surface area contributed by atoms with Crippen molar-refractivity contribution in [3.63, 3.8) is 0 Å². The second kappa shape index (κ2) is 8.29. The predicted octanol–water partition coefficient (Wildman–Crippen LogP) is 1.91. The van der Waals surface area contributed by atoms with Crippen LogP contribution in [0.1, 0.15) is 43.2 Å². The molecule has 6 nitrogen and oxygen atoms in total. The Balaban J connectivity index is 0.000000592. The van der Waals surface area contributed by atoms with E-state index in [0.717, 1.165) is 11.1 Å². The molecule has 4 rings (SSSR count). The third kappa shape index (κ3) is 5.03. The molecule has 0 bridgehead atoms. The Kier molecular flexibility index (Phi) is 5.85. The van der Waals surface area contributed by atoms with Crippen molar-refractivity contribution in [1.29, 1.82) is 0 Å². The molecular formula is C19H24FN3O3. The summed E-state index contributed by atoms with van der Waals surface area (Å²) in [7, 11) is 0. The molecule has 0 aromatic heterocycles.